The maximum absolute atomic E-state index is 13.6. The number of nitrogens with one attached hydrogen (secondary N) is 1. The van der Waals surface area contributed by atoms with Gasteiger partial charge in [-0.25, -0.2) is 8.42 Å². The van der Waals surface area contributed by atoms with Gasteiger partial charge in [-0.3, -0.25) is 19.4 Å². The van der Waals surface area contributed by atoms with Crippen LogP contribution in [0.15, 0.2) is 52.4 Å². The van der Waals surface area contributed by atoms with E-state index in [4.69, 9.17) is 0 Å². The smallest absolute Gasteiger partial charge is 0.264 e. The number of hydrogen-bond acceptors (Lipinski definition) is 5. The highest BCUT2D eigenvalue weighted by Crippen LogP contribution is 2.40. The maximum Gasteiger partial charge on any atom is 0.264 e. The van der Waals surface area contributed by atoms with Crippen LogP contribution in [0, 0.1) is 5.92 Å². The zero-order valence-corrected chi connectivity index (χ0v) is 24.7. The van der Waals surface area contributed by atoms with Crippen molar-refractivity contribution in [3.63, 3.8) is 0 Å². The van der Waals surface area contributed by atoms with Crippen LogP contribution in [0.5, 0.6) is 0 Å². The number of anilines is 1. The number of hydrogen-bond donors (Lipinski definition) is 1. The zero-order chi connectivity index (χ0) is 28.0. The molecule has 2 aromatic rings. The van der Waals surface area contributed by atoms with Gasteiger partial charge >= 0.3 is 0 Å². The van der Waals surface area contributed by atoms with Crippen LogP contribution < -0.4 is 4.72 Å². The minimum atomic E-state index is -3.87. The van der Waals surface area contributed by atoms with Gasteiger partial charge in [-0.05, 0) is 80.3 Å². The number of nitrogens with zero attached hydrogens (tertiary/aromatic N) is 3. The molecular weight excluding hydrogens is 520 g/mol. The number of benzene rings is 2. The summed E-state index contributed by atoms with van der Waals surface area (Å²) in [6.45, 7) is 6.28. The lowest BCUT2D eigenvalue weighted by Crippen LogP contribution is -2.49. The van der Waals surface area contributed by atoms with Crippen molar-refractivity contribution in [1.82, 2.24) is 9.80 Å². The van der Waals surface area contributed by atoms with E-state index in [9.17, 15) is 13.2 Å². The van der Waals surface area contributed by atoms with E-state index in [0.717, 1.165) is 69.9 Å². The largest absolute Gasteiger partial charge is 0.336 e. The molecule has 2 aliphatic carbocycles. The Balaban J connectivity index is 1.24. The Kier molecular flexibility index (Phi) is 9.58. The van der Waals surface area contributed by atoms with Crippen LogP contribution in [0.2, 0.25) is 0 Å². The van der Waals surface area contributed by atoms with Crippen LogP contribution in [0.3, 0.4) is 0 Å². The Hall–Kier alpha value is -2.71. The van der Waals surface area contributed by atoms with Crippen molar-refractivity contribution in [3.05, 3.63) is 53.6 Å². The van der Waals surface area contributed by atoms with Gasteiger partial charge in [0.1, 0.15) is 4.90 Å². The number of amides is 1. The fourth-order valence-corrected chi connectivity index (χ4v) is 7.95. The lowest BCUT2D eigenvalue weighted by atomic mass is 9.90. The predicted molar refractivity (Wildman–Crippen MR) is 162 cm³/mol. The zero-order valence-electron chi connectivity index (χ0n) is 23.9. The van der Waals surface area contributed by atoms with Crippen molar-refractivity contribution in [2.75, 3.05) is 37.4 Å². The molecule has 1 heterocycles. The molecule has 2 saturated carbocycles. The van der Waals surface area contributed by atoms with E-state index in [1.54, 1.807) is 36.5 Å². The van der Waals surface area contributed by atoms with Crippen molar-refractivity contribution in [3.8, 4) is 0 Å². The minimum absolute atomic E-state index is 0.00518. The van der Waals surface area contributed by atoms with Gasteiger partial charge in [0, 0.05) is 50.2 Å². The Morgan fingerprint density at radius 1 is 0.900 bits per heavy atom. The van der Waals surface area contributed by atoms with E-state index in [1.165, 1.54) is 38.5 Å². The topological polar surface area (TPSA) is 82.1 Å². The van der Waals surface area contributed by atoms with Gasteiger partial charge in [-0.2, -0.15) is 0 Å². The summed E-state index contributed by atoms with van der Waals surface area (Å²) in [4.78, 5) is 22.3. The van der Waals surface area contributed by atoms with E-state index >= 15 is 0 Å². The third kappa shape index (κ3) is 6.95. The molecule has 0 bridgehead atoms. The summed E-state index contributed by atoms with van der Waals surface area (Å²) in [6, 6.07) is 12.3. The average Bonchev–Trinajstić information content (AvgIpc) is 3.32. The molecule has 0 radical (unpaired) electrons. The monoisotopic (exact) mass is 564 g/mol. The highest BCUT2D eigenvalue weighted by Gasteiger charge is 2.27. The number of para-hydroxylation sites is 1. The second kappa shape index (κ2) is 13.3. The SMILES string of the molecule is CC=Nc1c(C2CCCCCC2)cccc1S(=O)(=O)Nc1ccc(C(=O)N2CCN(CC3CCCC3)CC2)cc1. The highest BCUT2D eigenvalue weighted by atomic mass is 32.2. The molecule has 0 aromatic heterocycles. The highest BCUT2D eigenvalue weighted by molar-refractivity contribution is 7.92. The number of piperazine rings is 1. The first-order valence-corrected chi connectivity index (χ1v) is 16.7. The Bertz CT molecular complexity index is 1270. The summed E-state index contributed by atoms with van der Waals surface area (Å²) < 4.78 is 29.8. The first-order chi connectivity index (χ1) is 19.4. The molecule has 1 aliphatic heterocycles. The number of carbonyl (C=O) groups excluding carboxylic acids is 1. The van der Waals surface area contributed by atoms with E-state index in [2.05, 4.69) is 14.6 Å². The van der Waals surface area contributed by atoms with Crippen LogP contribution >= 0.6 is 0 Å². The minimum Gasteiger partial charge on any atom is -0.336 e. The summed E-state index contributed by atoms with van der Waals surface area (Å²) >= 11 is 0. The van der Waals surface area contributed by atoms with Gasteiger partial charge < -0.3 is 4.90 Å². The molecule has 1 amide bonds. The first-order valence-electron chi connectivity index (χ1n) is 15.2. The third-order valence-electron chi connectivity index (χ3n) is 8.91. The van der Waals surface area contributed by atoms with Crippen LogP contribution in [0.25, 0.3) is 0 Å². The van der Waals surface area contributed by atoms with Gasteiger partial charge in [0.2, 0.25) is 0 Å². The van der Waals surface area contributed by atoms with Gasteiger partial charge in [-0.1, -0.05) is 50.7 Å². The molecule has 2 aromatic carbocycles. The van der Waals surface area contributed by atoms with Crippen molar-refractivity contribution in [2.45, 2.75) is 81.9 Å². The number of carbonyl (C=O) groups is 1. The average molecular weight is 565 g/mol. The second-order valence-corrected chi connectivity index (χ2v) is 13.3. The molecule has 216 valence electrons. The fourth-order valence-electron chi connectivity index (χ4n) is 6.71. The molecule has 3 aliphatic rings. The third-order valence-corrected chi connectivity index (χ3v) is 10.3. The first kappa shape index (κ1) is 28.8. The molecule has 40 heavy (non-hydrogen) atoms. The normalized spacial score (nSPS) is 20.2. The molecule has 3 fully saturated rings. The molecule has 1 N–H and O–H groups in total. The van der Waals surface area contributed by atoms with Crippen molar-refractivity contribution in [2.24, 2.45) is 10.9 Å². The molecule has 0 spiro atoms. The number of rotatable bonds is 8. The number of sulfonamides is 1. The van der Waals surface area contributed by atoms with Crippen molar-refractivity contribution < 1.29 is 13.2 Å². The van der Waals surface area contributed by atoms with E-state index < -0.39 is 10.0 Å². The molecule has 5 rings (SSSR count). The summed E-state index contributed by atoms with van der Waals surface area (Å²) in [7, 11) is -3.87. The van der Waals surface area contributed by atoms with Crippen LogP contribution in [-0.2, 0) is 10.0 Å². The van der Waals surface area contributed by atoms with Gasteiger partial charge in [0.05, 0.1) is 5.69 Å². The predicted octanol–water partition coefficient (Wildman–Crippen LogP) is 6.60. The van der Waals surface area contributed by atoms with Crippen LogP contribution in [-0.4, -0.2) is 63.1 Å². The van der Waals surface area contributed by atoms with Crippen molar-refractivity contribution >= 4 is 33.5 Å². The summed E-state index contributed by atoms with van der Waals surface area (Å²) in [5.41, 5.74) is 2.58. The Morgan fingerprint density at radius 2 is 1.55 bits per heavy atom. The van der Waals surface area contributed by atoms with Gasteiger partial charge in [-0.15, -0.1) is 0 Å². The van der Waals surface area contributed by atoms with E-state index in [0.29, 0.717) is 22.9 Å². The summed E-state index contributed by atoms with van der Waals surface area (Å²) in [5.74, 6) is 1.15. The van der Waals surface area contributed by atoms with Crippen LogP contribution in [0.1, 0.15) is 93.0 Å². The quantitative estimate of drug-likeness (QED) is 0.289. The lowest BCUT2D eigenvalue weighted by Gasteiger charge is -2.36. The molecule has 8 heteroatoms. The van der Waals surface area contributed by atoms with Crippen LogP contribution in [0.4, 0.5) is 11.4 Å². The van der Waals surface area contributed by atoms with Crippen molar-refractivity contribution in [1.29, 1.82) is 0 Å². The molecule has 0 atom stereocenters. The molecular formula is C32H44N4O3S. The standard InChI is InChI=1S/C32H44N4O3S/c1-2-33-31-29(26-12-5-3-4-6-13-26)14-9-15-30(31)40(38,39)34-28-18-16-27(17-19-28)32(37)36-22-20-35(21-23-36)24-25-10-7-8-11-25/h2,9,14-19,25-26,34H,3-8,10-13,20-24H2,1H3. The van der Waals surface area contributed by atoms with E-state index in [1.807, 2.05) is 24.0 Å². The lowest BCUT2D eigenvalue weighted by molar-refractivity contribution is 0.0618. The van der Waals surface area contributed by atoms with E-state index in [-0.39, 0.29) is 10.8 Å². The Labute approximate surface area is 240 Å². The fraction of sp³-hybridized carbons (Fsp3) is 0.562. The maximum atomic E-state index is 13.6. The number of aliphatic imine (C=N–C) groups is 1. The molecule has 0 unspecified atom stereocenters. The summed E-state index contributed by atoms with van der Waals surface area (Å²) in [5, 5.41) is 0. The summed E-state index contributed by atoms with van der Waals surface area (Å²) in [6.07, 6.45) is 14.0. The molecule has 1 saturated heterocycles. The second-order valence-electron chi connectivity index (χ2n) is 11.7. The van der Waals surface area contributed by atoms with Gasteiger partial charge in [0.15, 0.2) is 0 Å². The molecule has 7 nitrogen and oxygen atoms in total. The van der Waals surface area contributed by atoms with Gasteiger partial charge in [0.25, 0.3) is 15.9 Å². The Morgan fingerprint density at radius 3 is 2.20 bits per heavy atom.